The van der Waals surface area contributed by atoms with E-state index in [0.717, 1.165) is 19.6 Å². The van der Waals surface area contributed by atoms with Crippen molar-refractivity contribution in [3.63, 3.8) is 0 Å². The van der Waals surface area contributed by atoms with Gasteiger partial charge in [0.05, 0.1) is 6.33 Å². The van der Waals surface area contributed by atoms with Crippen LogP contribution in [0, 0.1) is 5.92 Å². The fourth-order valence-corrected chi connectivity index (χ4v) is 2.20. The lowest BCUT2D eigenvalue weighted by Crippen LogP contribution is -2.23. The summed E-state index contributed by atoms with van der Waals surface area (Å²) in [5.74, 6) is 0.479. The summed E-state index contributed by atoms with van der Waals surface area (Å²) in [4.78, 5) is 15.5. The van der Waals surface area contributed by atoms with Gasteiger partial charge in [-0.15, -0.1) is 0 Å². The minimum Gasteiger partial charge on any atom is -0.355 e. The van der Waals surface area contributed by atoms with Crippen molar-refractivity contribution in [2.45, 2.75) is 20.0 Å². The van der Waals surface area contributed by atoms with E-state index in [2.05, 4.69) is 27.1 Å². The topological polar surface area (TPSA) is 59.0 Å². The second kappa shape index (κ2) is 7.59. The number of benzene rings is 1. The van der Waals surface area contributed by atoms with Gasteiger partial charge in [0.25, 0.3) is 5.91 Å². The Hall–Kier alpha value is -2.14. The normalized spacial score (nSPS) is 12.1. The number of imidazole rings is 1. The molecule has 0 aliphatic heterocycles. The van der Waals surface area contributed by atoms with Gasteiger partial charge in [-0.1, -0.05) is 19.1 Å². The summed E-state index contributed by atoms with van der Waals surface area (Å²) in [7, 11) is 1.64. The van der Waals surface area contributed by atoms with Gasteiger partial charge in [-0.3, -0.25) is 4.79 Å². The predicted octanol–water partition coefficient (Wildman–Crippen LogP) is 1.67. The Morgan fingerprint density at radius 3 is 2.71 bits per heavy atom. The van der Waals surface area contributed by atoms with Crippen molar-refractivity contribution in [1.82, 2.24) is 20.2 Å². The third-order valence-corrected chi connectivity index (χ3v) is 3.35. The van der Waals surface area contributed by atoms with Crippen LogP contribution in [-0.4, -0.2) is 29.1 Å². The number of hydrogen-bond donors (Lipinski definition) is 2. The molecule has 1 unspecified atom stereocenters. The number of aromatic nitrogens is 2. The lowest BCUT2D eigenvalue weighted by molar-refractivity contribution is 0.0963. The van der Waals surface area contributed by atoms with Gasteiger partial charge >= 0.3 is 0 Å². The SMILES string of the molecule is CNC(=O)c1ccc(CNCC(C)Cn2ccnc2)cc1. The molecule has 0 radical (unpaired) electrons. The van der Waals surface area contributed by atoms with Crippen molar-refractivity contribution >= 4 is 5.91 Å². The van der Waals surface area contributed by atoms with Crippen LogP contribution in [0.1, 0.15) is 22.8 Å². The van der Waals surface area contributed by atoms with Crippen LogP contribution in [0.25, 0.3) is 0 Å². The van der Waals surface area contributed by atoms with E-state index in [1.165, 1.54) is 5.56 Å². The fourth-order valence-electron chi connectivity index (χ4n) is 2.20. The first-order chi connectivity index (χ1) is 10.2. The minimum absolute atomic E-state index is 0.0523. The number of nitrogens with zero attached hydrogens (tertiary/aromatic N) is 2. The Morgan fingerprint density at radius 2 is 2.10 bits per heavy atom. The first kappa shape index (κ1) is 15.3. The quantitative estimate of drug-likeness (QED) is 0.814. The van der Waals surface area contributed by atoms with E-state index in [1.54, 1.807) is 13.2 Å². The van der Waals surface area contributed by atoms with Crippen LogP contribution in [0.3, 0.4) is 0 Å². The Labute approximate surface area is 125 Å². The largest absolute Gasteiger partial charge is 0.355 e. The molecule has 0 bridgehead atoms. The zero-order valence-corrected chi connectivity index (χ0v) is 12.5. The van der Waals surface area contributed by atoms with E-state index >= 15 is 0 Å². The molecule has 0 aliphatic rings. The van der Waals surface area contributed by atoms with Crippen molar-refractivity contribution in [1.29, 1.82) is 0 Å². The van der Waals surface area contributed by atoms with E-state index in [9.17, 15) is 4.79 Å². The molecule has 112 valence electrons. The number of carbonyl (C=O) groups is 1. The Bertz CT molecular complexity index is 548. The molecule has 2 rings (SSSR count). The molecule has 2 N–H and O–H groups in total. The molecule has 21 heavy (non-hydrogen) atoms. The molecule has 1 aromatic heterocycles. The predicted molar refractivity (Wildman–Crippen MR) is 82.9 cm³/mol. The molecule has 1 aromatic carbocycles. The average Bonchev–Trinajstić information content (AvgIpc) is 3.00. The number of nitrogens with one attached hydrogen (secondary N) is 2. The van der Waals surface area contributed by atoms with Gasteiger partial charge in [0, 0.05) is 38.1 Å². The van der Waals surface area contributed by atoms with Gasteiger partial charge in [-0.25, -0.2) is 4.98 Å². The Kier molecular flexibility index (Phi) is 5.51. The highest BCUT2D eigenvalue weighted by Crippen LogP contribution is 2.05. The van der Waals surface area contributed by atoms with Crippen molar-refractivity contribution in [2.75, 3.05) is 13.6 Å². The lowest BCUT2D eigenvalue weighted by atomic mass is 10.1. The van der Waals surface area contributed by atoms with Gasteiger partial charge in [-0.05, 0) is 30.2 Å². The number of hydrogen-bond acceptors (Lipinski definition) is 3. The maximum Gasteiger partial charge on any atom is 0.251 e. The second-order valence-electron chi connectivity index (χ2n) is 5.27. The molecule has 0 fully saturated rings. The molecule has 5 heteroatoms. The molecular weight excluding hydrogens is 264 g/mol. The van der Waals surface area contributed by atoms with Crippen LogP contribution >= 0.6 is 0 Å². The molecule has 1 amide bonds. The maximum absolute atomic E-state index is 11.4. The molecule has 0 spiro atoms. The zero-order valence-electron chi connectivity index (χ0n) is 12.5. The number of amides is 1. The summed E-state index contributed by atoms with van der Waals surface area (Å²) < 4.78 is 2.09. The standard InChI is InChI=1S/C16H22N4O/c1-13(11-20-8-7-18-12-20)9-19-10-14-3-5-15(6-4-14)16(21)17-2/h3-8,12-13,19H,9-11H2,1-2H3,(H,17,21). The van der Waals surface area contributed by atoms with E-state index in [4.69, 9.17) is 0 Å². The zero-order chi connectivity index (χ0) is 15.1. The smallest absolute Gasteiger partial charge is 0.251 e. The van der Waals surface area contributed by atoms with Crippen LogP contribution in [0.4, 0.5) is 0 Å². The van der Waals surface area contributed by atoms with Crippen molar-refractivity contribution < 1.29 is 4.79 Å². The van der Waals surface area contributed by atoms with E-state index in [-0.39, 0.29) is 5.91 Å². The Morgan fingerprint density at radius 1 is 1.33 bits per heavy atom. The van der Waals surface area contributed by atoms with Crippen LogP contribution in [0.5, 0.6) is 0 Å². The molecule has 0 saturated heterocycles. The van der Waals surface area contributed by atoms with Crippen molar-refractivity contribution in [2.24, 2.45) is 5.92 Å². The molecule has 5 nitrogen and oxygen atoms in total. The summed E-state index contributed by atoms with van der Waals surface area (Å²) in [6.07, 6.45) is 5.62. The highest BCUT2D eigenvalue weighted by atomic mass is 16.1. The minimum atomic E-state index is -0.0523. The molecule has 1 atom stereocenters. The summed E-state index contributed by atoms with van der Waals surface area (Å²) in [6.45, 7) is 4.92. The van der Waals surface area contributed by atoms with Gasteiger partial charge in [-0.2, -0.15) is 0 Å². The van der Waals surface area contributed by atoms with Crippen LogP contribution in [-0.2, 0) is 13.1 Å². The van der Waals surface area contributed by atoms with E-state index in [1.807, 2.05) is 36.8 Å². The molecule has 0 aliphatic carbocycles. The highest BCUT2D eigenvalue weighted by molar-refractivity contribution is 5.93. The van der Waals surface area contributed by atoms with Crippen LogP contribution in [0.2, 0.25) is 0 Å². The van der Waals surface area contributed by atoms with Crippen LogP contribution in [0.15, 0.2) is 43.0 Å². The first-order valence-electron chi connectivity index (χ1n) is 7.16. The molecule has 1 heterocycles. The Balaban J connectivity index is 1.74. The van der Waals surface area contributed by atoms with E-state index in [0.29, 0.717) is 11.5 Å². The monoisotopic (exact) mass is 286 g/mol. The van der Waals surface area contributed by atoms with Gasteiger partial charge < -0.3 is 15.2 Å². The van der Waals surface area contributed by atoms with Gasteiger partial charge in [0.2, 0.25) is 0 Å². The fraction of sp³-hybridized carbons (Fsp3) is 0.375. The molecular formula is C16H22N4O. The van der Waals surface area contributed by atoms with Crippen molar-refractivity contribution in [3.8, 4) is 0 Å². The third kappa shape index (κ3) is 4.72. The molecule has 2 aromatic rings. The highest BCUT2D eigenvalue weighted by Gasteiger charge is 2.04. The first-order valence-corrected chi connectivity index (χ1v) is 7.16. The van der Waals surface area contributed by atoms with Crippen molar-refractivity contribution in [3.05, 3.63) is 54.1 Å². The van der Waals surface area contributed by atoms with Crippen LogP contribution < -0.4 is 10.6 Å². The van der Waals surface area contributed by atoms with Gasteiger partial charge in [0.15, 0.2) is 0 Å². The summed E-state index contributed by atoms with van der Waals surface area (Å²) in [5, 5.41) is 6.06. The third-order valence-electron chi connectivity index (χ3n) is 3.35. The summed E-state index contributed by atoms with van der Waals surface area (Å²) >= 11 is 0. The lowest BCUT2D eigenvalue weighted by Gasteiger charge is -2.13. The second-order valence-corrected chi connectivity index (χ2v) is 5.27. The number of carbonyl (C=O) groups excluding carboxylic acids is 1. The summed E-state index contributed by atoms with van der Waals surface area (Å²) in [5.41, 5.74) is 1.87. The maximum atomic E-state index is 11.4. The molecule has 0 saturated carbocycles. The average molecular weight is 286 g/mol. The number of rotatable bonds is 7. The van der Waals surface area contributed by atoms with Gasteiger partial charge in [0.1, 0.15) is 0 Å². The van der Waals surface area contributed by atoms with E-state index < -0.39 is 0 Å². The summed E-state index contributed by atoms with van der Waals surface area (Å²) in [6, 6.07) is 7.67.